The van der Waals surface area contributed by atoms with Gasteiger partial charge in [-0.15, -0.1) is 0 Å². The van der Waals surface area contributed by atoms with Gasteiger partial charge in [-0.05, 0) is 36.2 Å². The van der Waals surface area contributed by atoms with Gasteiger partial charge in [-0.3, -0.25) is 4.79 Å². The fourth-order valence-electron chi connectivity index (χ4n) is 3.28. The molecule has 2 aromatic carbocycles. The molecule has 28 heavy (non-hydrogen) atoms. The lowest BCUT2D eigenvalue weighted by Crippen LogP contribution is -2.31. The average molecular weight is 396 g/mol. The van der Waals surface area contributed by atoms with Crippen molar-refractivity contribution in [1.82, 2.24) is 14.3 Å². The molecule has 0 saturated carbocycles. The molecule has 144 valence electrons. The second-order valence-corrected chi connectivity index (χ2v) is 8.62. The van der Waals surface area contributed by atoms with E-state index in [9.17, 15) is 13.2 Å². The normalized spacial score (nSPS) is 14.6. The summed E-state index contributed by atoms with van der Waals surface area (Å²) in [5.41, 5.74) is 3.21. The number of carbonyl (C=O) groups excluding carboxylic acids is 1. The summed E-state index contributed by atoms with van der Waals surface area (Å²) in [7, 11) is -2.02. The van der Waals surface area contributed by atoms with Crippen LogP contribution in [0.25, 0.3) is 0 Å². The summed E-state index contributed by atoms with van der Waals surface area (Å²) in [6.45, 7) is 1.98. The van der Waals surface area contributed by atoms with Gasteiger partial charge in [0.15, 0.2) is 0 Å². The summed E-state index contributed by atoms with van der Waals surface area (Å²) in [6.07, 6.45) is 3.59. The number of rotatable bonds is 5. The molecule has 8 heteroatoms. The summed E-state index contributed by atoms with van der Waals surface area (Å²) >= 11 is 0. The van der Waals surface area contributed by atoms with Crippen molar-refractivity contribution >= 4 is 21.6 Å². The van der Waals surface area contributed by atoms with E-state index in [0.717, 1.165) is 11.1 Å². The van der Waals surface area contributed by atoms with E-state index < -0.39 is 16.1 Å². The van der Waals surface area contributed by atoms with Crippen molar-refractivity contribution in [3.63, 3.8) is 0 Å². The minimum Gasteiger partial charge on any atom is -0.336 e. The van der Waals surface area contributed by atoms with Crippen LogP contribution in [-0.4, -0.2) is 23.9 Å². The third-order valence-corrected chi connectivity index (χ3v) is 6.23. The van der Waals surface area contributed by atoms with Crippen molar-refractivity contribution < 1.29 is 13.2 Å². The van der Waals surface area contributed by atoms with Gasteiger partial charge in [-0.2, -0.15) is 4.72 Å². The minimum atomic E-state index is -3.84. The Bertz CT molecular complexity index is 1150. The number of hydrogen-bond acceptors (Lipinski definition) is 4. The van der Waals surface area contributed by atoms with E-state index in [0.29, 0.717) is 17.1 Å². The number of aromatic nitrogens is 2. The number of benzene rings is 2. The number of imidazole rings is 1. The van der Waals surface area contributed by atoms with Gasteiger partial charge >= 0.3 is 0 Å². The predicted molar refractivity (Wildman–Crippen MR) is 105 cm³/mol. The number of sulfonamides is 1. The fraction of sp³-hybridized carbons (Fsp3) is 0.200. The topological polar surface area (TPSA) is 93.1 Å². The quantitative estimate of drug-likeness (QED) is 0.692. The molecule has 1 aliphatic heterocycles. The molecule has 2 heterocycles. The van der Waals surface area contributed by atoms with Crippen LogP contribution >= 0.6 is 0 Å². The highest BCUT2D eigenvalue weighted by atomic mass is 32.2. The maximum Gasteiger partial charge on any atom is 0.241 e. The van der Waals surface area contributed by atoms with Gasteiger partial charge in [0.05, 0.1) is 11.3 Å². The smallest absolute Gasteiger partial charge is 0.241 e. The Hall–Kier alpha value is -2.97. The number of anilines is 1. The lowest BCUT2D eigenvalue weighted by molar-refractivity contribution is -0.115. The number of nitrogens with one attached hydrogen (secondary N) is 2. The van der Waals surface area contributed by atoms with E-state index in [2.05, 4.69) is 15.0 Å². The monoisotopic (exact) mass is 396 g/mol. The zero-order valence-electron chi connectivity index (χ0n) is 15.5. The van der Waals surface area contributed by atoms with Crippen molar-refractivity contribution in [3.05, 3.63) is 77.4 Å². The molecule has 2 N–H and O–H groups in total. The summed E-state index contributed by atoms with van der Waals surface area (Å²) < 4.78 is 30.8. The Kier molecular flexibility index (Phi) is 4.52. The van der Waals surface area contributed by atoms with Gasteiger partial charge in [0.25, 0.3) is 0 Å². The third kappa shape index (κ3) is 3.44. The number of carbonyl (C=O) groups is 1. The molecule has 3 aromatic rings. The number of aryl methyl sites for hydroxylation is 2. The molecule has 1 aliphatic rings. The SMILES string of the molecule is Cc1ccc(C(NS(=O)(=O)c2ccc3c(c2)CC(=O)N3)c2nccn2C)cc1. The Balaban J connectivity index is 1.72. The maximum atomic E-state index is 13.1. The highest BCUT2D eigenvalue weighted by Gasteiger charge is 2.27. The lowest BCUT2D eigenvalue weighted by Gasteiger charge is -2.19. The Morgan fingerprint density at radius 3 is 2.61 bits per heavy atom. The van der Waals surface area contributed by atoms with Crippen LogP contribution in [-0.2, 0) is 28.3 Å². The molecule has 4 rings (SSSR count). The van der Waals surface area contributed by atoms with Crippen LogP contribution in [0.3, 0.4) is 0 Å². The highest BCUT2D eigenvalue weighted by Crippen LogP contribution is 2.28. The summed E-state index contributed by atoms with van der Waals surface area (Å²) in [4.78, 5) is 16.0. The molecule has 1 atom stereocenters. The maximum absolute atomic E-state index is 13.1. The lowest BCUT2D eigenvalue weighted by atomic mass is 10.1. The number of amides is 1. The van der Waals surface area contributed by atoms with Gasteiger partial charge < -0.3 is 9.88 Å². The molecule has 0 fully saturated rings. The van der Waals surface area contributed by atoms with E-state index >= 15 is 0 Å². The standard InChI is InChI=1S/C20H20N4O3S/c1-13-3-5-14(6-4-13)19(20-21-9-10-24(20)2)23-28(26,27)16-7-8-17-15(11-16)12-18(25)22-17/h3-11,19,23H,12H2,1-2H3,(H,22,25). The van der Waals surface area contributed by atoms with Gasteiger partial charge in [0.2, 0.25) is 15.9 Å². The van der Waals surface area contributed by atoms with Gasteiger partial charge in [-0.25, -0.2) is 13.4 Å². The molecule has 1 amide bonds. The van der Waals surface area contributed by atoms with Crippen molar-refractivity contribution in [1.29, 1.82) is 0 Å². The number of hydrogen-bond donors (Lipinski definition) is 2. The molecular weight excluding hydrogens is 376 g/mol. The Morgan fingerprint density at radius 2 is 1.93 bits per heavy atom. The molecule has 0 radical (unpaired) electrons. The summed E-state index contributed by atoms with van der Waals surface area (Å²) in [5, 5.41) is 2.71. The third-order valence-electron chi connectivity index (χ3n) is 4.81. The van der Waals surface area contributed by atoms with Crippen molar-refractivity contribution in [2.75, 3.05) is 5.32 Å². The molecule has 0 spiro atoms. The van der Waals surface area contributed by atoms with Crippen molar-refractivity contribution in [3.8, 4) is 0 Å². The van der Waals surface area contributed by atoms with Crippen LogP contribution in [0.5, 0.6) is 0 Å². The first-order chi connectivity index (χ1) is 13.3. The molecule has 1 unspecified atom stereocenters. The van der Waals surface area contributed by atoms with E-state index in [1.54, 1.807) is 29.1 Å². The minimum absolute atomic E-state index is 0.120. The Morgan fingerprint density at radius 1 is 1.18 bits per heavy atom. The first-order valence-electron chi connectivity index (χ1n) is 8.82. The van der Waals surface area contributed by atoms with Gasteiger partial charge in [0.1, 0.15) is 11.9 Å². The molecule has 0 saturated heterocycles. The van der Waals surface area contributed by atoms with Crippen LogP contribution in [0.2, 0.25) is 0 Å². The Labute approximate surface area is 163 Å². The van der Waals surface area contributed by atoms with E-state index in [1.165, 1.54) is 6.07 Å². The largest absolute Gasteiger partial charge is 0.336 e. The average Bonchev–Trinajstić information content (AvgIpc) is 3.24. The molecule has 7 nitrogen and oxygen atoms in total. The van der Waals surface area contributed by atoms with Gasteiger partial charge in [0, 0.05) is 25.1 Å². The highest BCUT2D eigenvalue weighted by molar-refractivity contribution is 7.89. The molecule has 1 aromatic heterocycles. The van der Waals surface area contributed by atoms with Crippen LogP contribution < -0.4 is 10.0 Å². The molecule has 0 aliphatic carbocycles. The summed E-state index contributed by atoms with van der Waals surface area (Å²) in [6, 6.07) is 11.7. The molecular formula is C20H20N4O3S. The van der Waals surface area contributed by atoms with E-state index in [-0.39, 0.29) is 17.2 Å². The van der Waals surface area contributed by atoms with Crippen molar-refractivity contribution in [2.24, 2.45) is 7.05 Å². The van der Waals surface area contributed by atoms with Crippen LogP contribution in [0, 0.1) is 6.92 Å². The van der Waals surface area contributed by atoms with Crippen molar-refractivity contribution in [2.45, 2.75) is 24.3 Å². The zero-order chi connectivity index (χ0) is 19.9. The van der Waals surface area contributed by atoms with Crippen LogP contribution in [0.15, 0.2) is 59.8 Å². The predicted octanol–water partition coefficient (Wildman–Crippen LogP) is 2.29. The second kappa shape index (κ2) is 6.88. The number of fused-ring (bicyclic) bond motifs is 1. The summed E-state index contributed by atoms with van der Waals surface area (Å²) in [5.74, 6) is 0.452. The van der Waals surface area contributed by atoms with Crippen LogP contribution in [0.4, 0.5) is 5.69 Å². The van der Waals surface area contributed by atoms with E-state index in [1.807, 2.05) is 38.2 Å². The first-order valence-corrected chi connectivity index (χ1v) is 10.3. The molecule has 0 bridgehead atoms. The van der Waals surface area contributed by atoms with Crippen LogP contribution in [0.1, 0.15) is 28.6 Å². The second-order valence-electron chi connectivity index (χ2n) is 6.91. The number of nitrogens with zero attached hydrogens (tertiary/aromatic N) is 2. The zero-order valence-corrected chi connectivity index (χ0v) is 16.3. The van der Waals surface area contributed by atoms with Gasteiger partial charge in [-0.1, -0.05) is 29.8 Å². The van der Waals surface area contributed by atoms with E-state index in [4.69, 9.17) is 0 Å². The first kappa shape index (κ1) is 18.4. The fourth-order valence-corrected chi connectivity index (χ4v) is 4.51.